The van der Waals surface area contributed by atoms with Crippen molar-refractivity contribution in [3.05, 3.63) is 77.6 Å². The highest BCUT2D eigenvalue weighted by Gasteiger charge is 2.35. The van der Waals surface area contributed by atoms with E-state index < -0.39 is 0 Å². The Bertz CT molecular complexity index is 992. The van der Waals surface area contributed by atoms with Crippen molar-refractivity contribution in [1.82, 2.24) is 9.97 Å². The molecule has 0 saturated heterocycles. The number of para-hydroxylation sites is 1. The summed E-state index contributed by atoms with van der Waals surface area (Å²) in [6.07, 6.45) is 3.41. The van der Waals surface area contributed by atoms with Crippen molar-refractivity contribution in [2.45, 2.75) is 51.1 Å². The number of hydrogen-bond acceptors (Lipinski definition) is 4. The van der Waals surface area contributed by atoms with Gasteiger partial charge in [0.05, 0.1) is 0 Å². The molecular formula is C24H26N4. The molecule has 3 aromatic rings. The van der Waals surface area contributed by atoms with Gasteiger partial charge in [0, 0.05) is 29.8 Å². The van der Waals surface area contributed by atoms with E-state index in [0.717, 1.165) is 36.1 Å². The summed E-state index contributed by atoms with van der Waals surface area (Å²) in [7, 11) is 0. The topological polar surface area (TPSA) is 41.0 Å². The number of nitrogens with one attached hydrogen (secondary N) is 1. The molecule has 28 heavy (non-hydrogen) atoms. The van der Waals surface area contributed by atoms with Gasteiger partial charge in [-0.2, -0.15) is 0 Å². The van der Waals surface area contributed by atoms with Crippen molar-refractivity contribution in [2.75, 3.05) is 10.2 Å². The molecule has 1 aliphatic carbocycles. The smallest absolute Gasteiger partial charge is 0.136 e. The molecule has 0 bridgehead atoms. The third-order valence-corrected chi connectivity index (χ3v) is 5.80. The predicted octanol–water partition coefficient (Wildman–Crippen LogP) is 5.44. The van der Waals surface area contributed by atoms with Gasteiger partial charge in [-0.25, -0.2) is 9.97 Å². The van der Waals surface area contributed by atoms with Gasteiger partial charge in [-0.15, -0.1) is 0 Å². The minimum atomic E-state index is 0.00748. The van der Waals surface area contributed by atoms with Crippen molar-refractivity contribution in [3.63, 3.8) is 0 Å². The molecule has 0 spiro atoms. The SMILES string of the molecule is CC1(C)Cc2ccccc2CN1c1cc(Nc2ccccc2)nc(C2CC2)n1. The number of aromatic nitrogens is 2. The van der Waals surface area contributed by atoms with Gasteiger partial charge in [0.2, 0.25) is 0 Å². The molecular weight excluding hydrogens is 344 g/mol. The standard InChI is InChI=1S/C24H26N4/c1-24(2)15-18-8-6-7-9-19(18)16-28(24)22-14-21(25-20-10-4-3-5-11-20)26-23(27-22)17-12-13-17/h3-11,14,17H,12-13,15-16H2,1-2H3,(H,25,26,27). The predicted molar refractivity (Wildman–Crippen MR) is 114 cm³/mol. The van der Waals surface area contributed by atoms with Crippen LogP contribution in [0.15, 0.2) is 60.7 Å². The number of hydrogen-bond donors (Lipinski definition) is 1. The van der Waals surface area contributed by atoms with Crippen LogP contribution in [0.4, 0.5) is 17.3 Å². The lowest BCUT2D eigenvalue weighted by atomic mass is 9.85. The molecule has 0 atom stereocenters. The van der Waals surface area contributed by atoms with Gasteiger partial charge in [0.15, 0.2) is 0 Å². The fourth-order valence-corrected chi connectivity index (χ4v) is 4.07. The normalized spacial score (nSPS) is 17.9. The third kappa shape index (κ3) is 3.35. The summed E-state index contributed by atoms with van der Waals surface area (Å²) in [5.74, 6) is 3.39. The van der Waals surface area contributed by atoms with E-state index in [2.05, 4.69) is 66.5 Å². The second-order valence-corrected chi connectivity index (χ2v) is 8.58. The van der Waals surface area contributed by atoms with Crippen LogP contribution in [-0.4, -0.2) is 15.5 Å². The number of anilines is 3. The minimum Gasteiger partial charge on any atom is -0.347 e. The van der Waals surface area contributed by atoms with Gasteiger partial charge in [-0.1, -0.05) is 42.5 Å². The lowest BCUT2D eigenvalue weighted by molar-refractivity contribution is 0.427. The van der Waals surface area contributed by atoms with Gasteiger partial charge in [0.25, 0.3) is 0 Å². The summed E-state index contributed by atoms with van der Waals surface area (Å²) in [6.45, 7) is 5.51. The van der Waals surface area contributed by atoms with Crippen LogP contribution in [0.3, 0.4) is 0 Å². The van der Waals surface area contributed by atoms with Crippen molar-refractivity contribution >= 4 is 17.3 Å². The van der Waals surface area contributed by atoms with Crippen LogP contribution in [0.2, 0.25) is 0 Å². The van der Waals surface area contributed by atoms with Gasteiger partial charge in [-0.3, -0.25) is 0 Å². The van der Waals surface area contributed by atoms with Crippen LogP contribution in [0.5, 0.6) is 0 Å². The Hall–Kier alpha value is -2.88. The van der Waals surface area contributed by atoms with Crippen LogP contribution < -0.4 is 10.2 Å². The van der Waals surface area contributed by atoms with Crippen LogP contribution >= 0.6 is 0 Å². The summed E-state index contributed by atoms with van der Waals surface area (Å²) in [5, 5.41) is 3.48. The van der Waals surface area contributed by atoms with Gasteiger partial charge in [-0.05, 0) is 56.4 Å². The number of nitrogens with zero attached hydrogens (tertiary/aromatic N) is 3. The zero-order valence-electron chi connectivity index (χ0n) is 16.5. The summed E-state index contributed by atoms with van der Waals surface area (Å²) in [5.41, 5.74) is 3.90. The van der Waals surface area contributed by atoms with E-state index in [-0.39, 0.29) is 5.54 Å². The van der Waals surface area contributed by atoms with E-state index >= 15 is 0 Å². The minimum absolute atomic E-state index is 0.00748. The molecule has 4 nitrogen and oxygen atoms in total. The molecule has 1 aliphatic heterocycles. The Morgan fingerprint density at radius 2 is 1.64 bits per heavy atom. The van der Waals surface area contributed by atoms with E-state index in [1.165, 1.54) is 24.0 Å². The molecule has 1 aromatic heterocycles. The van der Waals surface area contributed by atoms with Crippen molar-refractivity contribution in [1.29, 1.82) is 0 Å². The summed E-state index contributed by atoms with van der Waals surface area (Å²) >= 11 is 0. The first-order valence-electron chi connectivity index (χ1n) is 10.1. The lowest BCUT2D eigenvalue weighted by Crippen LogP contribution is -2.49. The highest BCUT2D eigenvalue weighted by atomic mass is 15.3. The van der Waals surface area contributed by atoms with Crippen LogP contribution in [0.25, 0.3) is 0 Å². The molecule has 2 aliphatic rings. The average molecular weight is 371 g/mol. The van der Waals surface area contributed by atoms with Crippen LogP contribution in [-0.2, 0) is 13.0 Å². The Balaban J connectivity index is 1.53. The first-order chi connectivity index (χ1) is 13.6. The first kappa shape index (κ1) is 17.2. The molecule has 1 N–H and O–H groups in total. The fraction of sp³-hybridized carbons (Fsp3) is 0.333. The summed E-state index contributed by atoms with van der Waals surface area (Å²) < 4.78 is 0. The average Bonchev–Trinajstić information content (AvgIpc) is 3.53. The fourth-order valence-electron chi connectivity index (χ4n) is 4.07. The molecule has 0 amide bonds. The molecule has 2 heterocycles. The third-order valence-electron chi connectivity index (χ3n) is 5.80. The van der Waals surface area contributed by atoms with E-state index in [1.54, 1.807) is 0 Å². The maximum absolute atomic E-state index is 5.00. The molecule has 4 heteroatoms. The molecule has 142 valence electrons. The Morgan fingerprint density at radius 3 is 2.39 bits per heavy atom. The van der Waals surface area contributed by atoms with E-state index in [4.69, 9.17) is 9.97 Å². The number of rotatable bonds is 4. The first-order valence-corrected chi connectivity index (χ1v) is 10.1. The Morgan fingerprint density at radius 1 is 0.929 bits per heavy atom. The molecule has 1 saturated carbocycles. The van der Waals surface area contributed by atoms with Crippen molar-refractivity contribution in [2.24, 2.45) is 0 Å². The lowest BCUT2D eigenvalue weighted by Gasteiger charge is -2.44. The monoisotopic (exact) mass is 370 g/mol. The van der Waals surface area contributed by atoms with E-state index in [9.17, 15) is 0 Å². The van der Waals surface area contributed by atoms with Crippen LogP contribution in [0, 0.1) is 0 Å². The Kier molecular flexibility index (Phi) is 4.08. The number of benzene rings is 2. The highest BCUT2D eigenvalue weighted by molar-refractivity contribution is 5.61. The number of fused-ring (bicyclic) bond motifs is 1. The zero-order chi connectivity index (χ0) is 19.1. The zero-order valence-corrected chi connectivity index (χ0v) is 16.5. The molecule has 0 unspecified atom stereocenters. The maximum Gasteiger partial charge on any atom is 0.136 e. The van der Waals surface area contributed by atoms with Gasteiger partial charge < -0.3 is 10.2 Å². The van der Waals surface area contributed by atoms with E-state index in [1.807, 2.05) is 18.2 Å². The summed E-state index contributed by atoms with van der Waals surface area (Å²) in [4.78, 5) is 12.3. The van der Waals surface area contributed by atoms with Crippen molar-refractivity contribution in [3.8, 4) is 0 Å². The summed E-state index contributed by atoms with van der Waals surface area (Å²) in [6, 6.07) is 21.1. The molecule has 0 radical (unpaired) electrons. The molecule has 1 fully saturated rings. The Labute approximate surface area is 166 Å². The second kappa shape index (κ2) is 6.62. The van der Waals surface area contributed by atoms with E-state index in [0.29, 0.717) is 5.92 Å². The quantitative estimate of drug-likeness (QED) is 0.664. The van der Waals surface area contributed by atoms with Crippen molar-refractivity contribution < 1.29 is 0 Å². The van der Waals surface area contributed by atoms with Gasteiger partial charge >= 0.3 is 0 Å². The second-order valence-electron chi connectivity index (χ2n) is 8.58. The maximum atomic E-state index is 5.00. The molecule has 5 rings (SSSR count). The van der Waals surface area contributed by atoms with Crippen LogP contribution in [0.1, 0.15) is 49.6 Å². The van der Waals surface area contributed by atoms with Gasteiger partial charge in [0.1, 0.15) is 17.5 Å². The largest absolute Gasteiger partial charge is 0.347 e. The molecule has 2 aromatic carbocycles. The highest BCUT2D eigenvalue weighted by Crippen LogP contribution is 2.41.